The smallest absolute Gasteiger partial charge is 0.214 e. The summed E-state index contributed by atoms with van der Waals surface area (Å²) in [6.45, 7) is 1.30. The highest BCUT2D eigenvalue weighted by molar-refractivity contribution is 7.89. The van der Waals surface area contributed by atoms with Crippen LogP contribution in [0.5, 0.6) is 0 Å². The van der Waals surface area contributed by atoms with Crippen LogP contribution in [0.15, 0.2) is 66.7 Å². The van der Waals surface area contributed by atoms with E-state index < -0.39 is 10.0 Å². The van der Waals surface area contributed by atoms with Crippen molar-refractivity contribution in [3.8, 4) is 6.07 Å². The number of nitrogens with zero attached hydrogens (tertiary/aromatic N) is 3. The molecular weight excluding hydrogens is 525 g/mol. The van der Waals surface area contributed by atoms with Gasteiger partial charge in [0.15, 0.2) is 0 Å². The summed E-state index contributed by atoms with van der Waals surface area (Å²) in [7, 11) is -3.44. The van der Waals surface area contributed by atoms with Crippen molar-refractivity contribution in [1.82, 2.24) is 4.31 Å². The van der Waals surface area contributed by atoms with Gasteiger partial charge >= 0.3 is 0 Å². The lowest BCUT2D eigenvalue weighted by atomic mass is 10.1. The number of benzene rings is 3. The normalized spacial score (nSPS) is 16.2. The fraction of sp³-hybridized carbons (Fsp3) is 0.269. The molecule has 1 fully saturated rings. The number of nitriles is 1. The van der Waals surface area contributed by atoms with Crippen LogP contribution >= 0.6 is 34.8 Å². The van der Waals surface area contributed by atoms with Crippen LogP contribution < -0.4 is 4.90 Å². The largest absolute Gasteiger partial charge is 0.363 e. The highest BCUT2D eigenvalue weighted by Crippen LogP contribution is 2.31. The zero-order valence-electron chi connectivity index (χ0n) is 18.9. The van der Waals surface area contributed by atoms with E-state index in [1.807, 2.05) is 42.5 Å². The van der Waals surface area contributed by atoms with Gasteiger partial charge in [-0.2, -0.15) is 9.57 Å². The molecule has 1 atom stereocenters. The van der Waals surface area contributed by atoms with Crippen LogP contribution in [0, 0.1) is 11.3 Å². The minimum Gasteiger partial charge on any atom is -0.363 e. The van der Waals surface area contributed by atoms with Crippen LogP contribution in [0.25, 0.3) is 0 Å². The Morgan fingerprint density at radius 3 is 2.43 bits per heavy atom. The van der Waals surface area contributed by atoms with Gasteiger partial charge in [0.05, 0.1) is 16.3 Å². The van der Waals surface area contributed by atoms with Crippen LogP contribution in [0.1, 0.15) is 23.1 Å². The average molecular weight is 549 g/mol. The number of hydrogen-bond acceptors (Lipinski definition) is 4. The maximum absolute atomic E-state index is 13.1. The highest BCUT2D eigenvalue weighted by atomic mass is 35.5. The maximum Gasteiger partial charge on any atom is 0.214 e. The van der Waals surface area contributed by atoms with Gasteiger partial charge in [-0.25, -0.2) is 8.42 Å². The van der Waals surface area contributed by atoms with Crippen molar-refractivity contribution in [3.63, 3.8) is 0 Å². The van der Waals surface area contributed by atoms with E-state index in [1.54, 1.807) is 28.6 Å². The van der Waals surface area contributed by atoms with E-state index in [2.05, 4.69) is 11.0 Å². The Bertz CT molecular complexity index is 1340. The van der Waals surface area contributed by atoms with Crippen molar-refractivity contribution < 1.29 is 8.42 Å². The second kappa shape index (κ2) is 11.2. The molecule has 4 rings (SSSR count). The van der Waals surface area contributed by atoms with Gasteiger partial charge in [0.1, 0.15) is 6.07 Å². The minimum absolute atomic E-state index is 0.0363. The lowest BCUT2D eigenvalue weighted by molar-refractivity contribution is 0.468. The second-order valence-electron chi connectivity index (χ2n) is 8.49. The number of sulfonamides is 1. The van der Waals surface area contributed by atoms with Crippen molar-refractivity contribution in [2.45, 2.75) is 25.4 Å². The fourth-order valence-corrected chi connectivity index (χ4v) is 6.33. The van der Waals surface area contributed by atoms with Crippen LogP contribution in [0.2, 0.25) is 15.1 Å². The first kappa shape index (κ1) is 25.8. The number of anilines is 1. The molecule has 0 unspecified atom stereocenters. The van der Waals surface area contributed by atoms with E-state index in [0.717, 1.165) is 16.8 Å². The summed E-state index contributed by atoms with van der Waals surface area (Å²) in [5.41, 5.74) is 3.07. The first-order chi connectivity index (χ1) is 16.8. The Morgan fingerprint density at radius 1 is 1.00 bits per heavy atom. The van der Waals surface area contributed by atoms with Crippen LogP contribution in [-0.4, -0.2) is 37.6 Å². The van der Waals surface area contributed by atoms with Gasteiger partial charge in [0.25, 0.3) is 0 Å². The molecule has 3 aromatic rings. The molecule has 0 spiro atoms. The molecule has 182 valence electrons. The first-order valence-corrected chi connectivity index (χ1v) is 13.9. The van der Waals surface area contributed by atoms with Crippen molar-refractivity contribution in [3.05, 3.63) is 98.5 Å². The van der Waals surface area contributed by atoms with Gasteiger partial charge in [0, 0.05) is 41.4 Å². The molecule has 1 heterocycles. The molecular formula is C26H24Cl3N3O2S. The molecule has 9 heteroatoms. The lowest BCUT2D eigenvalue weighted by Gasteiger charge is -2.32. The molecule has 1 aliphatic heterocycles. The Labute approximate surface area is 221 Å². The monoisotopic (exact) mass is 547 g/mol. The van der Waals surface area contributed by atoms with Gasteiger partial charge in [-0.15, -0.1) is 0 Å². The lowest BCUT2D eigenvalue weighted by Crippen LogP contribution is -2.39. The summed E-state index contributed by atoms with van der Waals surface area (Å²) in [5.74, 6) is 0.0363. The second-order valence-corrected chi connectivity index (χ2v) is 11.8. The summed E-state index contributed by atoms with van der Waals surface area (Å²) in [5, 5.41) is 10.9. The van der Waals surface area contributed by atoms with Crippen molar-refractivity contribution in [2.75, 3.05) is 23.7 Å². The van der Waals surface area contributed by atoms with E-state index in [4.69, 9.17) is 34.8 Å². The molecule has 35 heavy (non-hydrogen) atoms. The Balaban J connectivity index is 1.54. The number of halogens is 3. The molecule has 1 aliphatic rings. The Hall–Kier alpha value is -2.27. The van der Waals surface area contributed by atoms with Crippen molar-refractivity contribution >= 4 is 50.5 Å². The van der Waals surface area contributed by atoms with E-state index in [-0.39, 0.29) is 11.8 Å². The molecule has 0 bridgehead atoms. The molecule has 0 aliphatic carbocycles. The summed E-state index contributed by atoms with van der Waals surface area (Å²) < 4.78 is 27.8. The summed E-state index contributed by atoms with van der Waals surface area (Å²) in [6.07, 6.45) is 1.09. The molecule has 3 aromatic carbocycles. The topological polar surface area (TPSA) is 64.4 Å². The predicted octanol–water partition coefficient (Wildman–Crippen LogP) is 6.17. The van der Waals surface area contributed by atoms with E-state index in [0.29, 0.717) is 53.1 Å². The molecule has 1 saturated heterocycles. The number of hydrogen-bond donors (Lipinski definition) is 0. The highest BCUT2D eigenvalue weighted by Gasteiger charge is 2.34. The van der Waals surface area contributed by atoms with Crippen LogP contribution in [0.4, 0.5) is 5.69 Å². The minimum atomic E-state index is -3.44. The maximum atomic E-state index is 13.1. The molecule has 0 radical (unpaired) electrons. The third kappa shape index (κ3) is 6.30. The van der Waals surface area contributed by atoms with Crippen molar-refractivity contribution in [2.24, 2.45) is 0 Å². The molecule has 0 saturated carbocycles. The fourth-order valence-electron chi connectivity index (χ4n) is 4.26. The Kier molecular flexibility index (Phi) is 8.26. The number of aryl methyl sites for hydroxylation is 1. The standard InChI is InChI=1S/C26H24Cl3N3O2S/c27-22-8-5-19(6-9-22)12-14-35(33,34)31-13-11-24(18-31)32(17-21-3-1-2-4-25(21)28)23-10-7-20(16-30)26(29)15-23/h1-10,15,24H,11-14,17-18H2/t24-/m0/s1. The van der Waals surface area contributed by atoms with E-state index >= 15 is 0 Å². The van der Waals surface area contributed by atoms with Gasteiger partial charge < -0.3 is 4.90 Å². The SMILES string of the molecule is N#Cc1ccc(N(Cc2ccccc2Cl)[C@H]2CCN(S(=O)(=O)CCc3ccc(Cl)cc3)C2)cc1Cl. The average Bonchev–Trinajstić information content (AvgIpc) is 3.34. The van der Waals surface area contributed by atoms with E-state index in [1.165, 1.54) is 0 Å². The predicted molar refractivity (Wildman–Crippen MR) is 143 cm³/mol. The van der Waals surface area contributed by atoms with Crippen LogP contribution in [-0.2, 0) is 23.0 Å². The Morgan fingerprint density at radius 2 is 1.74 bits per heavy atom. The quantitative estimate of drug-likeness (QED) is 0.338. The van der Waals surface area contributed by atoms with Crippen LogP contribution in [0.3, 0.4) is 0 Å². The van der Waals surface area contributed by atoms with Gasteiger partial charge in [0.2, 0.25) is 10.0 Å². The van der Waals surface area contributed by atoms with Gasteiger partial charge in [-0.3, -0.25) is 0 Å². The molecule has 5 nitrogen and oxygen atoms in total. The summed E-state index contributed by atoms with van der Waals surface area (Å²) >= 11 is 18.7. The third-order valence-corrected chi connectivity index (χ3v) is 9.00. The third-order valence-electron chi connectivity index (χ3n) is 6.23. The first-order valence-electron chi connectivity index (χ1n) is 11.2. The summed E-state index contributed by atoms with van der Waals surface area (Å²) in [4.78, 5) is 2.13. The molecule has 0 aromatic heterocycles. The molecule has 0 amide bonds. The molecule has 0 N–H and O–H groups in total. The zero-order valence-corrected chi connectivity index (χ0v) is 22.0. The number of rotatable bonds is 8. The van der Waals surface area contributed by atoms with E-state index in [9.17, 15) is 13.7 Å². The zero-order chi connectivity index (χ0) is 25.0. The van der Waals surface area contributed by atoms with Gasteiger partial charge in [-0.1, -0.05) is 65.1 Å². The summed E-state index contributed by atoms with van der Waals surface area (Å²) in [6, 6.07) is 22.1. The van der Waals surface area contributed by atoms with Crippen molar-refractivity contribution in [1.29, 1.82) is 5.26 Å². The van der Waals surface area contributed by atoms with Gasteiger partial charge in [-0.05, 0) is 60.4 Å².